The van der Waals surface area contributed by atoms with E-state index in [9.17, 15) is 9.90 Å². The van der Waals surface area contributed by atoms with Crippen LogP contribution in [0.1, 0.15) is 52.4 Å². The lowest BCUT2D eigenvalue weighted by atomic mass is 9.74. The molecule has 4 nitrogen and oxygen atoms in total. The van der Waals surface area contributed by atoms with Crippen molar-refractivity contribution in [3.63, 3.8) is 0 Å². The summed E-state index contributed by atoms with van der Waals surface area (Å²) in [6.07, 6.45) is 6.13. The maximum atomic E-state index is 10.9. The second kappa shape index (κ2) is 5.83. The fourth-order valence-corrected chi connectivity index (χ4v) is 2.62. The zero-order valence-corrected chi connectivity index (χ0v) is 11.1. The molecule has 0 saturated heterocycles. The van der Waals surface area contributed by atoms with E-state index in [0.29, 0.717) is 6.42 Å². The Morgan fingerprint density at radius 2 is 1.94 bits per heavy atom. The Balaban J connectivity index is 2.49. The largest absolute Gasteiger partial charge is 0.396 e. The van der Waals surface area contributed by atoms with Crippen molar-refractivity contribution in [1.82, 2.24) is 5.32 Å². The number of aliphatic hydroxyl groups is 1. The molecule has 0 heterocycles. The molecular formula is C13H26N2O2. The lowest BCUT2D eigenvalue weighted by molar-refractivity contribution is -0.119. The van der Waals surface area contributed by atoms with E-state index in [1.54, 1.807) is 0 Å². The summed E-state index contributed by atoms with van der Waals surface area (Å²) < 4.78 is 0. The molecule has 0 unspecified atom stereocenters. The van der Waals surface area contributed by atoms with Crippen LogP contribution in [0, 0.1) is 5.41 Å². The minimum absolute atomic E-state index is 0.00711. The molecule has 0 aromatic carbocycles. The second-order valence-corrected chi connectivity index (χ2v) is 6.10. The molecule has 100 valence electrons. The average Bonchev–Trinajstić information content (AvgIpc) is 2.26. The standard InChI is InChI=1S/C13H26N2O2/c1-12(2,8-11(14)17)15-9-13(10-16)6-4-3-5-7-13/h15-16H,3-10H2,1-2H3,(H2,14,17). The Morgan fingerprint density at radius 3 is 2.41 bits per heavy atom. The lowest BCUT2D eigenvalue weighted by Crippen LogP contribution is -2.49. The molecule has 1 saturated carbocycles. The summed E-state index contributed by atoms with van der Waals surface area (Å²) in [5.74, 6) is -0.288. The van der Waals surface area contributed by atoms with E-state index in [-0.39, 0.29) is 23.5 Å². The van der Waals surface area contributed by atoms with Gasteiger partial charge in [0.1, 0.15) is 0 Å². The van der Waals surface area contributed by atoms with Gasteiger partial charge >= 0.3 is 0 Å². The molecule has 1 rings (SSSR count). The Labute approximate surface area is 104 Å². The van der Waals surface area contributed by atoms with E-state index >= 15 is 0 Å². The van der Waals surface area contributed by atoms with E-state index in [2.05, 4.69) is 5.32 Å². The third-order valence-corrected chi connectivity index (χ3v) is 3.81. The molecule has 1 amide bonds. The highest BCUT2D eigenvalue weighted by atomic mass is 16.3. The minimum Gasteiger partial charge on any atom is -0.396 e. The summed E-state index contributed by atoms with van der Waals surface area (Å²) in [6.45, 7) is 4.95. The topological polar surface area (TPSA) is 75.4 Å². The molecule has 1 aliphatic carbocycles. The number of primary amides is 1. The lowest BCUT2D eigenvalue weighted by Gasteiger charge is -2.39. The molecule has 0 aromatic rings. The van der Waals surface area contributed by atoms with Gasteiger partial charge in [-0.2, -0.15) is 0 Å². The molecular weight excluding hydrogens is 216 g/mol. The van der Waals surface area contributed by atoms with Gasteiger partial charge in [-0.15, -0.1) is 0 Å². The molecule has 0 aliphatic heterocycles. The van der Waals surface area contributed by atoms with Gasteiger partial charge in [0, 0.05) is 30.5 Å². The summed E-state index contributed by atoms with van der Waals surface area (Å²) in [5.41, 5.74) is 4.95. The van der Waals surface area contributed by atoms with Crippen molar-refractivity contribution in [1.29, 1.82) is 0 Å². The van der Waals surface area contributed by atoms with Crippen LogP contribution in [0.15, 0.2) is 0 Å². The number of nitrogens with one attached hydrogen (secondary N) is 1. The Morgan fingerprint density at radius 1 is 1.35 bits per heavy atom. The van der Waals surface area contributed by atoms with Crippen LogP contribution in [0.4, 0.5) is 0 Å². The maximum Gasteiger partial charge on any atom is 0.219 e. The van der Waals surface area contributed by atoms with Gasteiger partial charge in [0.2, 0.25) is 5.91 Å². The Hall–Kier alpha value is -0.610. The summed E-state index contributed by atoms with van der Waals surface area (Å²) in [5, 5.41) is 13.0. The van der Waals surface area contributed by atoms with Gasteiger partial charge in [-0.3, -0.25) is 4.79 Å². The predicted octanol–water partition coefficient (Wildman–Crippen LogP) is 1.17. The van der Waals surface area contributed by atoms with E-state index in [4.69, 9.17) is 5.73 Å². The quantitative estimate of drug-likeness (QED) is 0.654. The Bertz CT molecular complexity index is 258. The zero-order chi connectivity index (χ0) is 12.9. The SMILES string of the molecule is CC(C)(CC(N)=O)NCC1(CO)CCCCC1. The first-order valence-electron chi connectivity index (χ1n) is 6.53. The highest BCUT2D eigenvalue weighted by molar-refractivity contribution is 5.74. The molecule has 17 heavy (non-hydrogen) atoms. The molecule has 4 heteroatoms. The number of nitrogens with two attached hydrogens (primary N) is 1. The van der Waals surface area contributed by atoms with Gasteiger partial charge in [-0.1, -0.05) is 19.3 Å². The molecule has 0 bridgehead atoms. The minimum atomic E-state index is -0.288. The van der Waals surface area contributed by atoms with Crippen molar-refractivity contribution in [2.45, 2.75) is 57.9 Å². The fraction of sp³-hybridized carbons (Fsp3) is 0.923. The highest BCUT2D eigenvalue weighted by Crippen LogP contribution is 2.35. The van der Waals surface area contributed by atoms with Crippen LogP contribution in [-0.2, 0) is 4.79 Å². The van der Waals surface area contributed by atoms with Crippen LogP contribution in [0.5, 0.6) is 0 Å². The summed E-state index contributed by atoms with van der Waals surface area (Å²) in [6, 6.07) is 0. The van der Waals surface area contributed by atoms with Gasteiger partial charge in [0.15, 0.2) is 0 Å². The monoisotopic (exact) mass is 242 g/mol. The van der Waals surface area contributed by atoms with Crippen molar-refractivity contribution >= 4 is 5.91 Å². The van der Waals surface area contributed by atoms with Crippen molar-refractivity contribution < 1.29 is 9.90 Å². The first-order chi connectivity index (χ1) is 7.89. The van der Waals surface area contributed by atoms with Gasteiger partial charge in [-0.25, -0.2) is 0 Å². The fourth-order valence-electron chi connectivity index (χ4n) is 2.62. The van der Waals surface area contributed by atoms with E-state index in [1.165, 1.54) is 19.3 Å². The molecule has 1 aliphatic rings. The summed E-state index contributed by atoms with van der Waals surface area (Å²) in [7, 11) is 0. The second-order valence-electron chi connectivity index (χ2n) is 6.10. The number of amides is 1. The van der Waals surface area contributed by atoms with E-state index in [1.807, 2.05) is 13.8 Å². The summed E-state index contributed by atoms with van der Waals surface area (Å²) in [4.78, 5) is 10.9. The number of carbonyl (C=O) groups excluding carboxylic acids is 1. The molecule has 4 N–H and O–H groups in total. The van der Waals surface area contributed by atoms with Crippen LogP contribution in [-0.4, -0.2) is 29.7 Å². The molecule has 0 aromatic heterocycles. The predicted molar refractivity (Wildman–Crippen MR) is 68.5 cm³/mol. The van der Waals surface area contributed by atoms with Crippen molar-refractivity contribution in [3.8, 4) is 0 Å². The van der Waals surface area contributed by atoms with Gasteiger partial charge in [0.05, 0.1) is 0 Å². The number of hydrogen-bond donors (Lipinski definition) is 3. The highest BCUT2D eigenvalue weighted by Gasteiger charge is 2.33. The van der Waals surface area contributed by atoms with Crippen LogP contribution in [0.2, 0.25) is 0 Å². The molecule has 0 spiro atoms. The summed E-state index contributed by atoms with van der Waals surface area (Å²) >= 11 is 0. The van der Waals surface area contributed by atoms with Crippen LogP contribution in [0.3, 0.4) is 0 Å². The van der Waals surface area contributed by atoms with Gasteiger partial charge < -0.3 is 16.2 Å². The number of hydrogen-bond acceptors (Lipinski definition) is 3. The first kappa shape index (κ1) is 14.5. The van der Waals surface area contributed by atoms with Crippen molar-refractivity contribution in [3.05, 3.63) is 0 Å². The van der Waals surface area contributed by atoms with Crippen molar-refractivity contribution in [2.75, 3.05) is 13.2 Å². The van der Waals surface area contributed by atoms with Gasteiger partial charge in [-0.05, 0) is 26.7 Å². The number of rotatable bonds is 6. The molecule has 0 atom stereocenters. The molecule has 0 radical (unpaired) electrons. The van der Waals surface area contributed by atoms with E-state index in [0.717, 1.165) is 19.4 Å². The molecule has 1 fully saturated rings. The van der Waals surface area contributed by atoms with Crippen LogP contribution >= 0.6 is 0 Å². The van der Waals surface area contributed by atoms with Crippen LogP contribution in [0.25, 0.3) is 0 Å². The average molecular weight is 242 g/mol. The van der Waals surface area contributed by atoms with E-state index < -0.39 is 0 Å². The Kier molecular flexibility index (Phi) is 4.95. The first-order valence-corrected chi connectivity index (χ1v) is 6.53. The zero-order valence-electron chi connectivity index (χ0n) is 11.1. The normalized spacial score (nSPS) is 20.2. The number of aliphatic hydroxyl groups excluding tert-OH is 1. The number of carbonyl (C=O) groups is 1. The maximum absolute atomic E-state index is 10.9. The smallest absolute Gasteiger partial charge is 0.219 e. The van der Waals surface area contributed by atoms with Crippen LogP contribution < -0.4 is 11.1 Å². The van der Waals surface area contributed by atoms with Crippen molar-refractivity contribution in [2.24, 2.45) is 11.1 Å². The third-order valence-electron chi connectivity index (χ3n) is 3.81. The third kappa shape index (κ3) is 4.64. The van der Waals surface area contributed by atoms with Gasteiger partial charge in [0.25, 0.3) is 0 Å².